The maximum atomic E-state index is 13.4. The molecule has 6 heterocycles. The Hall–Kier alpha value is -9.44. The molecular weight excluding hydrogens is 1450 g/mol. The van der Waals surface area contributed by atoms with Crippen molar-refractivity contribution >= 4 is 93.2 Å². The standard InChI is InChI=1S/C30H28F3NO3S.C29H28ClNO3S.C29H28FNO3S/c1-19-14-16-34(18-19)15-2-3-20-4-11-24(12-5-20)37-28-25-13-10-23(35)17-26(25)38-29(28)27(36)21-6-8-22(9-7-21)30(31,32)33;2*1-19-14-16-31(18-19)15-2-3-20-4-11-24(12-5-20)34-28-25-13-10-23(32)17-26(25)35-29(28)27(33)21-6-8-22(30)9-7-21/h4-13,17,19,35H,2-3,14-16,18H2,1H3;2*4-13,17,19,32H,2-3,14-16,18H2,1H3/t3*19-/m000/s1. The number of fused-ring (bicyclic) bond motifs is 3. The molecule has 0 amide bonds. The maximum absolute atomic E-state index is 13.4. The Morgan fingerprint density at radius 2 is 0.722 bits per heavy atom. The molecule has 9 aromatic carbocycles. The molecule has 3 aliphatic rings. The molecule has 0 unspecified atom stereocenters. The molecule has 108 heavy (non-hydrogen) atoms. The van der Waals surface area contributed by atoms with Gasteiger partial charge in [0.25, 0.3) is 0 Å². The Bertz CT molecular complexity index is 4900. The SMILES string of the molecule is C[C@H]1CCN(CCCc2ccc(Oc3c(C(=O)c4ccc(C(F)(F)F)cc4)sc4cc(O)ccc34)cc2)C1.C[C@H]1CCN(CCCc2ccc(Oc3c(C(=O)c4ccc(Cl)cc4)sc4cc(O)ccc34)cc2)C1.C[C@H]1CCN(CCCc2ccc(Oc3c(C(=O)c4ccc(F)cc4)sc4cc(O)ccc34)cc2)C1. The van der Waals surface area contributed by atoms with Crippen LogP contribution >= 0.6 is 45.6 Å². The van der Waals surface area contributed by atoms with Gasteiger partial charge in [0.2, 0.25) is 17.3 Å². The number of phenols is 3. The van der Waals surface area contributed by atoms with Gasteiger partial charge in [-0.3, -0.25) is 14.4 Å². The molecule has 3 fully saturated rings. The van der Waals surface area contributed by atoms with E-state index in [-0.39, 0.29) is 39.3 Å². The summed E-state index contributed by atoms with van der Waals surface area (Å²) in [5.41, 5.74) is 3.97. The number of halogens is 5. The molecular formula is C88H84ClF4N3O9S3. The first-order valence-electron chi connectivity index (χ1n) is 36.7. The Morgan fingerprint density at radius 1 is 0.426 bits per heavy atom. The van der Waals surface area contributed by atoms with Crippen molar-refractivity contribution in [1.82, 2.24) is 14.7 Å². The molecule has 3 atom stereocenters. The zero-order chi connectivity index (χ0) is 75.6. The number of hydrogen-bond donors (Lipinski definition) is 3. The van der Waals surface area contributed by atoms with Crippen LogP contribution in [0.4, 0.5) is 17.6 Å². The zero-order valence-corrected chi connectivity index (χ0v) is 63.5. The van der Waals surface area contributed by atoms with Gasteiger partial charge in [-0.2, -0.15) is 13.2 Å². The van der Waals surface area contributed by atoms with Crippen molar-refractivity contribution in [2.24, 2.45) is 17.8 Å². The molecule has 12 aromatic rings. The highest BCUT2D eigenvalue weighted by molar-refractivity contribution is 7.22. The Kier molecular flexibility index (Phi) is 24.8. The Balaban J connectivity index is 0.000000143. The quantitative estimate of drug-likeness (QED) is 0.0390. The second-order valence-corrected chi connectivity index (χ2v) is 32.1. The number of carbonyl (C=O) groups excluding carboxylic acids is 3. The number of phenolic OH excluding ortho intramolecular Hbond substituents is 3. The lowest BCUT2D eigenvalue weighted by molar-refractivity contribution is -0.137. The van der Waals surface area contributed by atoms with Crippen LogP contribution in [-0.2, 0) is 25.4 Å². The monoisotopic (exact) mass is 1530 g/mol. The maximum Gasteiger partial charge on any atom is 0.416 e. The van der Waals surface area contributed by atoms with Gasteiger partial charge >= 0.3 is 6.18 Å². The van der Waals surface area contributed by atoms with E-state index in [9.17, 15) is 47.3 Å². The van der Waals surface area contributed by atoms with Gasteiger partial charge in [-0.25, -0.2) is 4.39 Å². The highest BCUT2D eigenvalue weighted by Gasteiger charge is 2.32. The van der Waals surface area contributed by atoms with E-state index >= 15 is 0 Å². The predicted octanol–water partition coefficient (Wildman–Crippen LogP) is 22.5. The molecule has 0 radical (unpaired) electrons. The number of ether oxygens (including phenoxy) is 3. The van der Waals surface area contributed by atoms with Crippen molar-refractivity contribution in [2.75, 3.05) is 58.9 Å². The molecule has 3 aliphatic heterocycles. The summed E-state index contributed by atoms with van der Waals surface area (Å²) in [6.07, 6.45) is 5.76. The van der Waals surface area contributed by atoms with Crippen molar-refractivity contribution in [3.8, 4) is 51.7 Å². The van der Waals surface area contributed by atoms with Gasteiger partial charge in [0.1, 0.15) is 54.9 Å². The summed E-state index contributed by atoms with van der Waals surface area (Å²) in [7, 11) is 0. The van der Waals surface area contributed by atoms with Gasteiger partial charge in [0.05, 0.1) is 5.56 Å². The van der Waals surface area contributed by atoms with Gasteiger partial charge in [-0.15, -0.1) is 34.0 Å². The van der Waals surface area contributed by atoms with Crippen molar-refractivity contribution < 1.29 is 61.5 Å². The van der Waals surface area contributed by atoms with Crippen LogP contribution < -0.4 is 14.2 Å². The smallest absolute Gasteiger partial charge is 0.416 e. The fourth-order valence-corrected chi connectivity index (χ4v) is 17.6. The minimum Gasteiger partial charge on any atom is -0.508 e. The Morgan fingerprint density at radius 3 is 1.01 bits per heavy atom. The second kappa shape index (κ2) is 34.8. The van der Waals surface area contributed by atoms with E-state index in [1.165, 1.54) is 140 Å². The average molecular weight is 1540 g/mol. The van der Waals surface area contributed by atoms with Crippen LogP contribution in [0.25, 0.3) is 30.3 Å². The summed E-state index contributed by atoms with van der Waals surface area (Å²) in [5.74, 6) is 4.69. The van der Waals surface area contributed by atoms with Crippen LogP contribution in [-0.4, -0.2) is 106 Å². The largest absolute Gasteiger partial charge is 0.508 e. The van der Waals surface area contributed by atoms with Crippen LogP contribution in [0.5, 0.6) is 51.7 Å². The van der Waals surface area contributed by atoms with Crippen molar-refractivity contribution in [3.63, 3.8) is 0 Å². The molecule has 0 saturated carbocycles. The normalized spacial score (nSPS) is 16.2. The number of alkyl halides is 3. The van der Waals surface area contributed by atoms with Crippen LogP contribution in [0.3, 0.4) is 0 Å². The molecule has 0 aliphatic carbocycles. The van der Waals surface area contributed by atoms with Gasteiger partial charge in [0.15, 0.2) is 17.2 Å². The van der Waals surface area contributed by atoms with E-state index < -0.39 is 23.3 Å². The van der Waals surface area contributed by atoms with Crippen molar-refractivity contribution in [3.05, 3.63) is 265 Å². The van der Waals surface area contributed by atoms with Crippen molar-refractivity contribution in [1.29, 1.82) is 0 Å². The van der Waals surface area contributed by atoms with E-state index in [2.05, 4.69) is 59.7 Å². The van der Waals surface area contributed by atoms with Crippen molar-refractivity contribution in [2.45, 2.75) is 84.7 Å². The molecule has 15 rings (SSSR count). The fourth-order valence-electron chi connectivity index (χ4n) is 14.1. The van der Waals surface area contributed by atoms with Gasteiger partial charge < -0.3 is 44.2 Å². The second-order valence-electron chi connectivity index (χ2n) is 28.5. The highest BCUT2D eigenvalue weighted by Crippen LogP contribution is 2.47. The molecule has 20 heteroatoms. The lowest BCUT2D eigenvalue weighted by atomic mass is 10.1. The van der Waals surface area contributed by atoms with Crippen LogP contribution in [0.15, 0.2) is 200 Å². The summed E-state index contributed by atoms with van der Waals surface area (Å²) in [6.45, 7) is 17.5. The number of likely N-dealkylation sites (tertiary alicyclic amines) is 3. The average Bonchev–Trinajstić information content (AvgIpc) is 1.64. The third kappa shape index (κ3) is 19.5. The summed E-state index contributed by atoms with van der Waals surface area (Å²) in [6, 6.07) is 55.1. The number of hydrogen-bond acceptors (Lipinski definition) is 15. The lowest BCUT2D eigenvalue weighted by Gasteiger charge is -2.15. The number of benzene rings is 9. The Labute approximate surface area is 643 Å². The van der Waals surface area contributed by atoms with E-state index in [1.807, 2.05) is 48.5 Å². The first-order valence-corrected chi connectivity index (χ1v) is 39.5. The van der Waals surface area contributed by atoms with E-state index in [0.29, 0.717) is 70.5 Å². The lowest BCUT2D eigenvalue weighted by Crippen LogP contribution is -2.21. The van der Waals surface area contributed by atoms with Crippen LogP contribution in [0.2, 0.25) is 5.02 Å². The number of nitrogens with zero attached hydrogens (tertiary/aromatic N) is 3. The summed E-state index contributed by atoms with van der Waals surface area (Å²) in [4.78, 5) is 48.8. The molecule has 3 aromatic heterocycles. The third-order valence-corrected chi connectivity index (χ3v) is 23.6. The van der Waals surface area contributed by atoms with Crippen LogP contribution in [0.1, 0.15) is 127 Å². The molecule has 558 valence electrons. The highest BCUT2D eigenvalue weighted by atomic mass is 35.5. The third-order valence-electron chi connectivity index (χ3n) is 20.0. The topological polar surface area (TPSA) is 149 Å². The first kappa shape index (κ1) is 76.7. The number of carbonyl (C=O) groups is 3. The minimum atomic E-state index is -4.48. The number of thiophene rings is 3. The number of aromatic hydroxyl groups is 3. The van der Waals surface area contributed by atoms with Gasteiger partial charge in [-0.05, 0) is 283 Å². The summed E-state index contributed by atoms with van der Waals surface area (Å²) in [5, 5.41) is 32.6. The van der Waals surface area contributed by atoms with Gasteiger partial charge in [-0.1, -0.05) is 80.9 Å². The van der Waals surface area contributed by atoms with E-state index in [0.717, 1.165) is 120 Å². The predicted molar refractivity (Wildman–Crippen MR) is 425 cm³/mol. The molecule has 12 nitrogen and oxygen atoms in total. The minimum absolute atomic E-state index is 0.0477. The first-order chi connectivity index (χ1) is 52.1. The fraction of sp³-hybridized carbons (Fsp3) is 0.284. The summed E-state index contributed by atoms with van der Waals surface area (Å²) >= 11 is 9.71. The number of ketones is 3. The van der Waals surface area contributed by atoms with Gasteiger partial charge in [0, 0.05) is 71.6 Å². The summed E-state index contributed by atoms with van der Waals surface area (Å²) < 4.78 is 73.2. The zero-order valence-electron chi connectivity index (χ0n) is 60.3. The number of aryl methyl sites for hydroxylation is 3. The molecule has 3 saturated heterocycles. The number of rotatable bonds is 24. The van der Waals surface area contributed by atoms with E-state index in [1.54, 1.807) is 72.8 Å². The molecule has 3 N–H and O–H groups in total. The van der Waals surface area contributed by atoms with E-state index in [4.69, 9.17) is 25.8 Å². The molecule has 0 bridgehead atoms. The van der Waals surface area contributed by atoms with Crippen LogP contribution in [0, 0.1) is 23.6 Å². The molecule has 0 spiro atoms.